The fraction of sp³-hybridized carbons (Fsp3) is 0.0244. The zero-order valence-corrected chi connectivity index (χ0v) is 24.4. The molecule has 0 saturated heterocycles. The Morgan fingerprint density at radius 1 is 0.600 bits per heavy atom. The summed E-state index contributed by atoms with van der Waals surface area (Å²) in [6.07, 6.45) is 12.7. The second kappa shape index (κ2) is 9.25. The molecular weight excluding hydrogens is 548 g/mol. The smallest absolute Gasteiger partial charge is 0.235 e. The van der Waals surface area contributed by atoms with E-state index in [1.807, 2.05) is 18.5 Å². The van der Waals surface area contributed by atoms with Gasteiger partial charge >= 0.3 is 0 Å². The predicted octanol–water partition coefficient (Wildman–Crippen LogP) is 9.91. The molecule has 1 aliphatic carbocycles. The highest BCUT2D eigenvalue weighted by Crippen LogP contribution is 2.46. The molecule has 0 bridgehead atoms. The molecule has 5 aromatic carbocycles. The average Bonchev–Trinajstić information content (AvgIpc) is 3.61. The summed E-state index contributed by atoms with van der Waals surface area (Å²) in [5.74, 6) is 0. The number of benzene rings is 5. The Hall–Kier alpha value is -6.00. The first-order chi connectivity index (χ1) is 22.3. The van der Waals surface area contributed by atoms with E-state index in [1.165, 1.54) is 60.7 Å². The summed E-state index contributed by atoms with van der Waals surface area (Å²) in [5, 5.41) is 5.10. The number of rotatable bonds is 3. The van der Waals surface area contributed by atoms with E-state index in [2.05, 4.69) is 158 Å². The van der Waals surface area contributed by atoms with Crippen LogP contribution in [0.4, 0.5) is 11.4 Å². The van der Waals surface area contributed by atoms with E-state index in [0.717, 1.165) is 16.8 Å². The second-order valence-electron chi connectivity index (χ2n) is 11.9. The predicted molar refractivity (Wildman–Crippen MR) is 187 cm³/mol. The monoisotopic (exact) mass is 575 g/mol. The van der Waals surface area contributed by atoms with E-state index >= 15 is 0 Å². The zero-order valence-electron chi connectivity index (χ0n) is 24.4. The van der Waals surface area contributed by atoms with Crippen molar-refractivity contribution >= 4 is 60.7 Å². The minimum absolute atomic E-state index is 0.0546. The molecule has 1 unspecified atom stereocenters. The summed E-state index contributed by atoms with van der Waals surface area (Å²) in [5.41, 5.74) is 12.0. The zero-order chi connectivity index (χ0) is 29.5. The highest BCUT2D eigenvalue weighted by molar-refractivity contribution is 6.22. The van der Waals surface area contributed by atoms with Gasteiger partial charge in [-0.1, -0.05) is 85.0 Å². The van der Waals surface area contributed by atoms with Gasteiger partial charge in [-0.25, -0.2) is 0 Å². The summed E-state index contributed by atoms with van der Waals surface area (Å²) in [7, 11) is 0. The van der Waals surface area contributed by atoms with Crippen molar-refractivity contribution < 1.29 is 0 Å². The lowest BCUT2D eigenvalue weighted by Gasteiger charge is -2.24. The molecule has 0 N–H and O–H groups in total. The van der Waals surface area contributed by atoms with Crippen LogP contribution in [0.5, 0.6) is 0 Å². The van der Waals surface area contributed by atoms with E-state index in [0.29, 0.717) is 0 Å². The van der Waals surface area contributed by atoms with Crippen LogP contribution in [0.15, 0.2) is 158 Å². The molecule has 0 amide bonds. The first-order valence-electron chi connectivity index (χ1n) is 15.4. The van der Waals surface area contributed by atoms with Gasteiger partial charge in [0, 0.05) is 69.5 Å². The lowest BCUT2D eigenvalue weighted by molar-refractivity contribution is 0.781. The molecule has 1 aliphatic heterocycles. The molecule has 0 radical (unpaired) electrons. The average molecular weight is 576 g/mol. The molecule has 10 rings (SSSR count). The van der Waals surface area contributed by atoms with Crippen LogP contribution in [0.2, 0.25) is 0 Å². The Morgan fingerprint density at radius 2 is 1.42 bits per heavy atom. The van der Waals surface area contributed by atoms with Gasteiger partial charge in [0.1, 0.15) is 11.6 Å². The topological polar surface area (TPSA) is 25.8 Å². The summed E-state index contributed by atoms with van der Waals surface area (Å²) in [4.78, 5) is 4.37. The van der Waals surface area contributed by atoms with Crippen molar-refractivity contribution in [3.8, 4) is 16.8 Å². The Balaban J connectivity index is 1.30. The number of allylic oxidation sites excluding steroid dienone is 4. The van der Waals surface area contributed by atoms with Crippen LogP contribution >= 0.6 is 0 Å². The maximum atomic E-state index is 4.37. The Bertz CT molecular complexity index is 2580. The quantitative estimate of drug-likeness (QED) is 0.193. The summed E-state index contributed by atoms with van der Waals surface area (Å²) in [6.45, 7) is 0. The molecule has 0 fully saturated rings. The Labute approximate surface area is 259 Å². The van der Waals surface area contributed by atoms with Gasteiger partial charge in [0.15, 0.2) is 0 Å². The van der Waals surface area contributed by atoms with Crippen molar-refractivity contribution in [1.82, 2.24) is 18.7 Å². The number of nitrogens with zero attached hydrogens (tertiary/aromatic N) is 4. The minimum Gasteiger partial charge on any atom is -0.318 e. The van der Waals surface area contributed by atoms with Crippen molar-refractivity contribution in [3.05, 3.63) is 158 Å². The first kappa shape index (κ1) is 24.4. The number of pyridine rings is 1. The molecule has 8 aromatic rings. The third-order valence-electron chi connectivity index (χ3n) is 9.46. The Kier molecular flexibility index (Phi) is 5.02. The lowest BCUT2D eigenvalue weighted by Crippen LogP contribution is -2.30. The molecule has 4 nitrogen and oxygen atoms in total. The molecule has 1 atom stereocenters. The lowest BCUT2D eigenvalue weighted by atomic mass is 10.0. The number of para-hydroxylation sites is 3. The molecule has 0 saturated carbocycles. The van der Waals surface area contributed by atoms with Gasteiger partial charge in [0.25, 0.3) is 0 Å². The van der Waals surface area contributed by atoms with E-state index in [1.54, 1.807) is 0 Å². The van der Waals surface area contributed by atoms with Crippen molar-refractivity contribution in [2.75, 3.05) is 0 Å². The third-order valence-corrected chi connectivity index (χ3v) is 9.46. The molecule has 0 spiro atoms. The van der Waals surface area contributed by atoms with Crippen molar-refractivity contribution in [2.45, 2.75) is 6.04 Å². The van der Waals surface area contributed by atoms with Crippen LogP contribution in [-0.2, 0) is 0 Å². The summed E-state index contributed by atoms with van der Waals surface area (Å²) >= 11 is 0. The van der Waals surface area contributed by atoms with Gasteiger partial charge in [-0.15, -0.1) is 0 Å². The highest BCUT2D eigenvalue weighted by atomic mass is 15.2. The van der Waals surface area contributed by atoms with Gasteiger partial charge in [0.05, 0.1) is 16.6 Å². The van der Waals surface area contributed by atoms with Crippen LogP contribution in [-0.4, -0.2) is 19.8 Å². The van der Waals surface area contributed by atoms with Gasteiger partial charge < -0.3 is 9.13 Å². The normalized spacial score (nSPS) is 15.5. The standard InChI is InChI=1S/C41H27N4/c1-2-13-29(14-3-1)43-35-18-5-4-16-31(35)33-24-34-32-17-9-21-38-41(32)45(40(34)25-39(33)43)37-20-7-6-19-36(37)44(38)30-15-8-11-27(23-30)28-12-10-22-42-26-28/h1-26,37H/q+1. The van der Waals surface area contributed by atoms with Crippen LogP contribution in [0.3, 0.4) is 0 Å². The van der Waals surface area contributed by atoms with Gasteiger partial charge in [-0.05, 0) is 42.0 Å². The number of hydrogen-bond donors (Lipinski definition) is 0. The fourth-order valence-electron chi connectivity index (χ4n) is 7.60. The van der Waals surface area contributed by atoms with E-state index in [4.69, 9.17) is 0 Å². The third kappa shape index (κ3) is 3.42. The maximum absolute atomic E-state index is 4.37. The van der Waals surface area contributed by atoms with E-state index in [9.17, 15) is 0 Å². The van der Waals surface area contributed by atoms with E-state index in [-0.39, 0.29) is 6.04 Å². The van der Waals surface area contributed by atoms with Crippen LogP contribution < -0.4 is 4.58 Å². The number of fused-ring (bicyclic) bond motifs is 8. The molecule has 45 heavy (non-hydrogen) atoms. The van der Waals surface area contributed by atoms with Crippen molar-refractivity contribution in [1.29, 1.82) is 0 Å². The van der Waals surface area contributed by atoms with Crippen molar-refractivity contribution in [2.24, 2.45) is 0 Å². The van der Waals surface area contributed by atoms with E-state index < -0.39 is 0 Å². The van der Waals surface area contributed by atoms with Crippen LogP contribution in [0, 0.1) is 0 Å². The number of hydrogen-bond acceptors (Lipinski definition) is 1. The first-order valence-corrected chi connectivity index (χ1v) is 15.4. The molecular formula is C41H27N4+. The number of aromatic nitrogens is 3. The summed E-state index contributed by atoms with van der Waals surface area (Å²) < 4.78 is 7.42. The van der Waals surface area contributed by atoms with Gasteiger partial charge in [-0.2, -0.15) is 4.58 Å². The van der Waals surface area contributed by atoms with Crippen molar-refractivity contribution in [3.63, 3.8) is 0 Å². The fourth-order valence-corrected chi connectivity index (χ4v) is 7.60. The second-order valence-corrected chi connectivity index (χ2v) is 11.9. The molecule has 4 heterocycles. The largest absolute Gasteiger partial charge is 0.318 e. The molecule has 4 heteroatoms. The van der Waals surface area contributed by atoms with Gasteiger partial charge in [0.2, 0.25) is 17.1 Å². The minimum atomic E-state index is 0.0546. The van der Waals surface area contributed by atoms with Crippen LogP contribution in [0.1, 0.15) is 6.04 Å². The maximum Gasteiger partial charge on any atom is 0.235 e. The summed E-state index contributed by atoms with van der Waals surface area (Å²) in [6, 6.07) is 44.1. The molecule has 3 aromatic heterocycles. The highest BCUT2D eigenvalue weighted by Gasteiger charge is 2.37. The van der Waals surface area contributed by atoms with Crippen LogP contribution in [0.25, 0.3) is 60.4 Å². The van der Waals surface area contributed by atoms with Gasteiger partial charge in [-0.3, -0.25) is 4.98 Å². The molecule has 210 valence electrons. The Morgan fingerprint density at radius 3 is 2.33 bits per heavy atom. The SMILES string of the molecule is C1=CC2=[N+](c3cccc(-c4cccnc4)c3)c3cccc4c5cc6c7ccccc7n(-c7ccccc7)c6cc5n(c34)C2C=C1. The molecule has 2 aliphatic rings.